The topological polar surface area (TPSA) is 79.5 Å². The Hall–Kier alpha value is -1.62. The summed E-state index contributed by atoms with van der Waals surface area (Å²) in [5.41, 5.74) is 5.94. The number of aliphatic hydroxyl groups excluding tert-OH is 1. The highest BCUT2D eigenvalue weighted by molar-refractivity contribution is 5.79. The number of aliphatic hydroxyl groups is 1. The highest BCUT2D eigenvalue weighted by atomic mass is 16.3. The Kier molecular flexibility index (Phi) is 5.42. The summed E-state index contributed by atoms with van der Waals surface area (Å²) in [6.07, 6.45) is 3.62. The number of nitrogens with two attached hydrogens (primary N) is 1. The standard InChI is InChI=1S/C12H19N3O2/c1-2-3-7-15(8-11(13)17)12-10(9-16)5-4-6-14-12/h4-6,16H,2-3,7-9H2,1H3,(H2,13,17). The number of nitrogens with zero attached hydrogens (tertiary/aromatic N) is 2. The third kappa shape index (κ3) is 4.03. The summed E-state index contributed by atoms with van der Waals surface area (Å²) >= 11 is 0. The molecule has 1 amide bonds. The molecule has 17 heavy (non-hydrogen) atoms. The summed E-state index contributed by atoms with van der Waals surface area (Å²) in [6, 6.07) is 3.56. The van der Waals surface area contributed by atoms with Gasteiger partial charge < -0.3 is 15.7 Å². The molecular formula is C12H19N3O2. The van der Waals surface area contributed by atoms with Gasteiger partial charge >= 0.3 is 0 Å². The van der Waals surface area contributed by atoms with E-state index in [1.807, 2.05) is 4.90 Å². The molecule has 94 valence electrons. The number of hydrogen-bond donors (Lipinski definition) is 2. The van der Waals surface area contributed by atoms with E-state index in [9.17, 15) is 9.90 Å². The minimum Gasteiger partial charge on any atom is -0.392 e. The Morgan fingerprint density at radius 2 is 2.35 bits per heavy atom. The molecule has 0 fully saturated rings. The maximum atomic E-state index is 11.0. The molecule has 0 aliphatic carbocycles. The van der Waals surface area contributed by atoms with E-state index in [0.717, 1.165) is 12.8 Å². The van der Waals surface area contributed by atoms with E-state index in [2.05, 4.69) is 11.9 Å². The number of rotatable bonds is 7. The van der Waals surface area contributed by atoms with Crippen LogP contribution in [-0.2, 0) is 11.4 Å². The van der Waals surface area contributed by atoms with Crippen LogP contribution in [0.15, 0.2) is 18.3 Å². The molecule has 1 rings (SSSR count). The molecule has 0 radical (unpaired) electrons. The number of primary amides is 1. The molecule has 3 N–H and O–H groups in total. The Morgan fingerprint density at radius 1 is 1.59 bits per heavy atom. The molecular weight excluding hydrogens is 218 g/mol. The quantitative estimate of drug-likeness (QED) is 0.730. The number of carbonyl (C=O) groups excluding carboxylic acids is 1. The lowest BCUT2D eigenvalue weighted by atomic mass is 10.2. The molecule has 0 aliphatic rings. The van der Waals surface area contributed by atoms with Crippen molar-refractivity contribution in [3.05, 3.63) is 23.9 Å². The van der Waals surface area contributed by atoms with Crippen LogP contribution < -0.4 is 10.6 Å². The predicted octanol–water partition coefficient (Wildman–Crippen LogP) is 0.666. The first-order valence-electron chi connectivity index (χ1n) is 5.77. The van der Waals surface area contributed by atoms with Crippen molar-refractivity contribution >= 4 is 11.7 Å². The van der Waals surface area contributed by atoms with Gasteiger partial charge in [-0.2, -0.15) is 0 Å². The van der Waals surface area contributed by atoms with Gasteiger partial charge in [-0.1, -0.05) is 19.4 Å². The van der Waals surface area contributed by atoms with Crippen molar-refractivity contribution in [2.75, 3.05) is 18.0 Å². The SMILES string of the molecule is CCCCN(CC(N)=O)c1ncccc1CO. The molecule has 0 unspecified atom stereocenters. The third-order valence-corrected chi connectivity index (χ3v) is 2.47. The van der Waals surface area contributed by atoms with Crippen LogP contribution in [0.5, 0.6) is 0 Å². The lowest BCUT2D eigenvalue weighted by Gasteiger charge is -2.23. The van der Waals surface area contributed by atoms with Crippen LogP contribution in [0.25, 0.3) is 0 Å². The third-order valence-electron chi connectivity index (χ3n) is 2.47. The first kappa shape index (κ1) is 13.4. The van der Waals surface area contributed by atoms with Crippen LogP contribution in [-0.4, -0.2) is 29.1 Å². The van der Waals surface area contributed by atoms with Crippen molar-refractivity contribution in [1.82, 2.24) is 4.98 Å². The summed E-state index contributed by atoms with van der Waals surface area (Å²) in [7, 11) is 0. The average molecular weight is 237 g/mol. The average Bonchev–Trinajstić information content (AvgIpc) is 2.34. The van der Waals surface area contributed by atoms with E-state index in [-0.39, 0.29) is 13.2 Å². The van der Waals surface area contributed by atoms with Gasteiger partial charge in [-0.3, -0.25) is 4.79 Å². The largest absolute Gasteiger partial charge is 0.392 e. The van der Waals surface area contributed by atoms with Gasteiger partial charge in [0, 0.05) is 18.3 Å². The first-order valence-corrected chi connectivity index (χ1v) is 5.77. The minimum absolute atomic E-state index is 0.0927. The monoisotopic (exact) mass is 237 g/mol. The van der Waals surface area contributed by atoms with Gasteiger partial charge in [0.05, 0.1) is 13.2 Å². The van der Waals surface area contributed by atoms with Crippen molar-refractivity contribution in [3.8, 4) is 0 Å². The molecule has 5 nitrogen and oxygen atoms in total. The van der Waals surface area contributed by atoms with Gasteiger partial charge in [0.2, 0.25) is 5.91 Å². The molecule has 1 aromatic heterocycles. The summed E-state index contributed by atoms with van der Waals surface area (Å²) in [5, 5.41) is 9.24. The van der Waals surface area contributed by atoms with Crippen molar-refractivity contribution in [3.63, 3.8) is 0 Å². The second-order valence-corrected chi connectivity index (χ2v) is 3.89. The van der Waals surface area contributed by atoms with Gasteiger partial charge in [-0.05, 0) is 12.5 Å². The van der Waals surface area contributed by atoms with Crippen molar-refractivity contribution in [1.29, 1.82) is 0 Å². The zero-order chi connectivity index (χ0) is 12.7. The van der Waals surface area contributed by atoms with E-state index < -0.39 is 5.91 Å². The highest BCUT2D eigenvalue weighted by Gasteiger charge is 2.13. The molecule has 0 saturated heterocycles. The number of unbranched alkanes of at least 4 members (excludes halogenated alkanes) is 1. The molecule has 0 saturated carbocycles. The first-order chi connectivity index (χ1) is 8.19. The Bertz CT molecular complexity index is 369. The van der Waals surface area contributed by atoms with Crippen LogP contribution in [0.1, 0.15) is 25.3 Å². The molecule has 0 aromatic carbocycles. The van der Waals surface area contributed by atoms with E-state index in [1.165, 1.54) is 0 Å². The summed E-state index contributed by atoms with van der Waals surface area (Å²) in [6.45, 7) is 2.83. The second kappa shape index (κ2) is 6.85. The van der Waals surface area contributed by atoms with Crippen molar-refractivity contribution in [2.45, 2.75) is 26.4 Å². The van der Waals surface area contributed by atoms with Crippen molar-refractivity contribution in [2.24, 2.45) is 5.73 Å². The fourth-order valence-corrected chi connectivity index (χ4v) is 1.64. The van der Waals surface area contributed by atoms with Gasteiger partial charge in [-0.15, -0.1) is 0 Å². The predicted molar refractivity (Wildman–Crippen MR) is 66.5 cm³/mol. The zero-order valence-electron chi connectivity index (χ0n) is 10.1. The normalized spacial score (nSPS) is 10.2. The smallest absolute Gasteiger partial charge is 0.236 e. The van der Waals surface area contributed by atoms with Crippen LogP contribution in [0.4, 0.5) is 5.82 Å². The summed E-state index contributed by atoms with van der Waals surface area (Å²) in [5.74, 6) is 0.248. The van der Waals surface area contributed by atoms with E-state index >= 15 is 0 Å². The molecule has 0 bridgehead atoms. The van der Waals surface area contributed by atoms with Crippen molar-refractivity contribution < 1.29 is 9.90 Å². The molecule has 5 heteroatoms. The number of aromatic nitrogens is 1. The molecule has 0 atom stereocenters. The van der Waals surface area contributed by atoms with Crippen LogP contribution in [0.3, 0.4) is 0 Å². The number of anilines is 1. The maximum absolute atomic E-state index is 11.0. The second-order valence-electron chi connectivity index (χ2n) is 3.89. The Morgan fingerprint density at radius 3 is 2.94 bits per heavy atom. The maximum Gasteiger partial charge on any atom is 0.236 e. The zero-order valence-corrected chi connectivity index (χ0v) is 10.1. The van der Waals surface area contributed by atoms with Crippen LogP contribution >= 0.6 is 0 Å². The number of carbonyl (C=O) groups is 1. The lowest BCUT2D eigenvalue weighted by Crippen LogP contribution is -2.35. The molecule has 1 heterocycles. The van der Waals surface area contributed by atoms with Gasteiger partial charge in [-0.25, -0.2) is 4.98 Å². The highest BCUT2D eigenvalue weighted by Crippen LogP contribution is 2.17. The number of amides is 1. The van der Waals surface area contributed by atoms with E-state index in [1.54, 1.807) is 18.3 Å². The number of hydrogen-bond acceptors (Lipinski definition) is 4. The van der Waals surface area contributed by atoms with E-state index in [0.29, 0.717) is 17.9 Å². The fraction of sp³-hybridized carbons (Fsp3) is 0.500. The molecule has 0 spiro atoms. The van der Waals surface area contributed by atoms with Crippen LogP contribution in [0, 0.1) is 0 Å². The van der Waals surface area contributed by atoms with Gasteiger partial charge in [0.15, 0.2) is 0 Å². The molecule has 0 aliphatic heterocycles. The van der Waals surface area contributed by atoms with E-state index in [4.69, 9.17) is 5.73 Å². The summed E-state index contributed by atoms with van der Waals surface area (Å²) in [4.78, 5) is 17.1. The van der Waals surface area contributed by atoms with Gasteiger partial charge in [0.25, 0.3) is 0 Å². The minimum atomic E-state index is -0.393. The summed E-state index contributed by atoms with van der Waals surface area (Å²) < 4.78 is 0. The fourth-order valence-electron chi connectivity index (χ4n) is 1.64. The number of pyridine rings is 1. The molecule has 1 aromatic rings. The lowest BCUT2D eigenvalue weighted by molar-refractivity contribution is -0.116. The Balaban J connectivity index is 2.90. The van der Waals surface area contributed by atoms with Gasteiger partial charge in [0.1, 0.15) is 5.82 Å². The van der Waals surface area contributed by atoms with Crippen LogP contribution in [0.2, 0.25) is 0 Å². The Labute approximate surface area is 101 Å².